The highest BCUT2D eigenvalue weighted by Gasteiger charge is 2.31. The van der Waals surface area contributed by atoms with E-state index in [1.807, 2.05) is 12.1 Å². The van der Waals surface area contributed by atoms with Crippen LogP contribution in [-0.4, -0.2) is 21.0 Å². The Morgan fingerprint density at radius 1 is 0.667 bits per heavy atom. The Labute approximate surface area is 187 Å². The van der Waals surface area contributed by atoms with Gasteiger partial charge in [0.2, 0.25) is 0 Å². The van der Waals surface area contributed by atoms with Gasteiger partial charge in [0.15, 0.2) is 0 Å². The van der Waals surface area contributed by atoms with Gasteiger partial charge in [-0.05, 0) is 18.2 Å². The maximum absolute atomic E-state index is 11.4. The molecule has 0 radical (unpaired) electrons. The number of hydrogen-bond acceptors (Lipinski definition) is 2. The van der Waals surface area contributed by atoms with Gasteiger partial charge in [-0.2, -0.15) is 8.42 Å². The van der Waals surface area contributed by atoms with Crippen molar-refractivity contribution in [2.24, 2.45) is 0 Å². The molecule has 0 aliphatic rings. The first-order chi connectivity index (χ1) is 14.4. The third kappa shape index (κ3) is 11.1. The van der Waals surface area contributed by atoms with Crippen LogP contribution in [0.2, 0.25) is 18.1 Å². The topological polar surface area (TPSA) is 54.4 Å². The summed E-state index contributed by atoms with van der Waals surface area (Å²) >= 11 is 0. The van der Waals surface area contributed by atoms with E-state index >= 15 is 0 Å². The zero-order valence-electron chi connectivity index (χ0n) is 19.8. The van der Waals surface area contributed by atoms with Crippen LogP contribution < -0.4 is 0 Å². The Morgan fingerprint density at radius 2 is 1.07 bits per heavy atom. The molecule has 0 aromatic heterocycles. The summed E-state index contributed by atoms with van der Waals surface area (Å²) in [6, 6.07) is 12.4. The van der Waals surface area contributed by atoms with Crippen LogP contribution in [0.15, 0.2) is 29.2 Å². The van der Waals surface area contributed by atoms with Crippen LogP contribution in [0.5, 0.6) is 0 Å². The molecule has 1 aromatic carbocycles. The Hall–Kier alpha value is -0.653. The van der Waals surface area contributed by atoms with Crippen molar-refractivity contribution in [1.82, 2.24) is 0 Å². The van der Waals surface area contributed by atoms with Crippen molar-refractivity contribution >= 4 is 18.2 Å². The number of benzene rings is 1. The molecule has 1 N–H and O–H groups in total. The molecule has 1 aromatic rings. The van der Waals surface area contributed by atoms with Gasteiger partial charge in [-0.25, -0.2) is 0 Å². The Bertz CT molecular complexity index is 624. The van der Waals surface area contributed by atoms with Crippen LogP contribution in [0.1, 0.15) is 103 Å². The van der Waals surface area contributed by atoms with Gasteiger partial charge in [0, 0.05) is 0 Å². The van der Waals surface area contributed by atoms with Crippen LogP contribution in [0.3, 0.4) is 0 Å². The summed E-state index contributed by atoms with van der Waals surface area (Å²) in [6.07, 6.45) is 15.9. The van der Waals surface area contributed by atoms with Crippen molar-refractivity contribution in [3.63, 3.8) is 0 Å². The highest BCUT2D eigenvalue weighted by molar-refractivity contribution is 7.85. The lowest BCUT2D eigenvalue weighted by atomic mass is 10.2. The van der Waals surface area contributed by atoms with Crippen molar-refractivity contribution in [2.75, 3.05) is 0 Å². The molecule has 0 saturated carbocycles. The van der Waals surface area contributed by atoms with Crippen LogP contribution >= 0.6 is 0 Å². The van der Waals surface area contributed by atoms with Gasteiger partial charge in [0.25, 0.3) is 10.1 Å². The van der Waals surface area contributed by atoms with E-state index < -0.39 is 18.2 Å². The first-order valence-corrected chi connectivity index (χ1v) is 16.7. The largest absolute Gasteiger partial charge is 0.294 e. The maximum atomic E-state index is 11.4. The second-order valence-corrected chi connectivity index (χ2v) is 15.5. The molecule has 0 aliphatic heterocycles. The van der Waals surface area contributed by atoms with Gasteiger partial charge in [-0.1, -0.05) is 134 Å². The molecule has 5 heteroatoms. The predicted molar refractivity (Wildman–Crippen MR) is 133 cm³/mol. The average molecular weight is 455 g/mol. The normalized spacial score (nSPS) is 12.4. The molecule has 0 atom stereocenters. The summed E-state index contributed by atoms with van der Waals surface area (Å²) in [5.74, 6) is 0. The SMILES string of the molecule is CCCCCC[Si](CCCCCC)(CCCCCC)Cc1ccc(S(=O)(=O)O)cc1. The van der Waals surface area contributed by atoms with Crippen molar-refractivity contribution in [3.8, 4) is 0 Å². The lowest BCUT2D eigenvalue weighted by Crippen LogP contribution is -2.37. The Morgan fingerprint density at radius 3 is 1.40 bits per heavy atom. The van der Waals surface area contributed by atoms with Crippen molar-refractivity contribution in [1.29, 1.82) is 0 Å². The van der Waals surface area contributed by atoms with Crippen molar-refractivity contribution < 1.29 is 13.0 Å². The molecule has 0 spiro atoms. The molecule has 1 rings (SSSR count). The van der Waals surface area contributed by atoms with E-state index in [0.717, 1.165) is 6.04 Å². The van der Waals surface area contributed by atoms with Crippen LogP contribution in [0.25, 0.3) is 0 Å². The fraction of sp³-hybridized carbons (Fsp3) is 0.760. The summed E-state index contributed by atoms with van der Waals surface area (Å²) in [6.45, 7) is 6.82. The molecule has 0 aliphatic carbocycles. The summed E-state index contributed by atoms with van der Waals surface area (Å²) in [4.78, 5) is 0.00681. The van der Waals surface area contributed by atoms with E-state index in [2.05, 4.69) is 20.8 Å². The van der Waals surface area contributed by atoms with Crippen molar-refractivity contribution in [2.45, 2.75) is 127 Å². The second-order valence-electron chi connectivity index (χ2n) is 9.23. The average Bonchev–Trinajstić information content (AvgIpc) is 2.72. The van der Waals surface area contributed by atoms with Crippen molar-refractivity contribution in [3.05, 3.63) is 29.8 Å². The molecular weight excluding hydrogens is 408 g/mol. The molecule has 3 nitrogen and oxygen atoms in total. The van der Waals surface area contributed by atoms with Gasteiger partial charge in [-0.3, -0.25) is 4.55 Å². The minimum atomic E-state index is -4.11. The molecular formula is C25H46O3SSi. The van der Waals surface area contributed by atoms with E-state index in [9.17, 15) is 13.0 Å². The van der Waals surface area contributed by atoms with E-state index in [-0.39, 0.29) is 4.90 Å². The monoisotopic (exact) mass is 454 g/mol. The van der Waals surface area contributed by atoms with Crippen LogP contribution in [0.4, 0.5) is 0 Å². The zero-order valence-corrected chi connectivity index (χ0v) is 21.6. The van der Waals surface area contributed by atoms with Gasteiger partial charge in [0.1, 0.15) is 0 Å². The van der Waals surface area contributed by atoms with E-state index in [4.69, 9.17) is 0 Å². The van der Waals surface area contributed by atoms with E-state index in [1.54, 1.807) is 12.1 Å². The van der Waals surface area contributed by atoms with E-state index in [1.165, 1.54) is 101 Å². The van der Waals surface area contributed by atoms with Gasteiger partial charge < -0.3 is 0 Å². The molecule has 0 unspecified atom stereocenters. The molecule has 30 heavy (non-hydrogen) atoms. The van der Waals surface area contributed by atoms with E-state index in [0.29, 0.717) is 0 Å². The molecule has 0 fully saturated rings. The lowest BCUT2D eigenvalue weighted by Gasteiger charge is -2.33. The summed E-state index contributed by atoms with van der Waals surface area (Å²) in [5, 5.41) is 0. The number of hydrogen-bond donors (Lipinski definition) is 1. The van der Waals surface area contributed by atoms with Crippen LogP contribution in [-0.2, 0) is 16.2 Å². The Kier molecular flexibility index (Phi) is 13.9. The standard InChI is InChI=1S/C25H46O3SSi/c1-4-7-10-13-20-30(21-14-11-8-5-2,22-15-12-9-6-3)23-24-16-18-25(19-17-24)29(26,27)28/h16-19H,4-15,20-23H2,1-3H3,(H,26,27,28). The zero-order chi connectivity index (χ0) is 22.3. The van der Waals surface area contributed by atoms with Gasteiger partial charge in [0.05, 0.1) is 13.0 Å². The maximum Gasteiger partial charge on any atom is 0.294 e. The number of rotatable bonds is 18. The van der Waals surface area contributed by atoms with Gasteiger partial charge >= 0.3 is 0 Å². The Balaban J connectivity index is 2.97. The molecule has 0 heterocycles. The summed E-state index contributed by atoms with van der Waals surface area (Å²) < 4.78 is 32.1. The predicted octanol–water partition coefficient (Wildman–Crippen LogP) is 8.20. The third-order valence-electron chi connectivity index (χ3n) is 6.48. The number of unbranched alkanes of at least 4 members (excludes halogenated alkanes) is 9. The minimum absolute atomic E-state index is 0.00681. The highest BCUT2D eigenvalue weighted by Crippen LogP contribution is 2.33. The third-order valence-corrected chi connectivity index (χ3v) is 12.8. The van der Waals surface area contributed by atoms with Gasteiger partial charge in [-0.15, -0.1) is 0 Å². The molecule has 174 valence electrons. The fourth-order valence-corrected chi connectivity index (χ4v) is 10.5. The molecule has 0 bridgehead atoms. The first kappa shape index (κ1) is 27.4. The highest BCUT2D eigenvalue weighted by atomic mass is 32.2. The summed E-state index contributed by atoms with van der Waals surface area (Å²) in [5.41, 5.74) is 1.26. The minimum Gasteiger partial charge on any atom is -0.282 e. The lowest BCUT2D eigenvalue weighted by molar-refractivity contribution is 0.483. The van der Waals surface area contributed by atoms with Crippen LogP contribution in [0, 0.1) is 0 Å². The smallest absolute Gasteiger partial charge is 0.282 e. The molecule has 0 amide bonds. The second kappa shape index (κ2) is 15.2. The first-order valence-electron chi connectivity index (χ1n) is 12.4. The summed E-state index contributed by atoms with van der Waals surface area (Å²) in [7, 11) is -5.58. The molecule has 0 saturated heterocycles. The fourth-order valence-electron chi connectivity index (χ4n) is 4.63. The quantitative estimate of drug-likeness (QED) is 0.138.